The Morgan fingerprint density at radius 2 is 2.09 bits per heavy atom. The maximum atomic E-state index is 12.2. The van der Waals surface area contributed by atoms with Crippen molar-refractivity contribution < 1.29 is 14.3 Å². The van der Waals surface area contributed by atoms with Gasteiger partial charge in [-0.25, -0.2) is 4.79 Å². The molecule has 126 valence electrons. The van der Waals surface area contributed by atoms with E-state index in [4.69, 9.17) is 27.9 Å². The van der Waals surface area contributed by atoms with Gasteiger partial charge in [-0.3, -0.25) is 4.79 Å². The van der Waals surface area contributed by atoms with Crippen LogP contribution < -0.4 is 5.32 Å². The Labute approximate surface area is 145 Å². The van der Waals surface area contributed by atoms with Gasteiger partial charge in [-0.2, -0.15) is 0 Å². The van der Waals surface area contributed by atoms with Crippen molar-refractivity contribution in [3.8, 4) is 0 Å². The molecule has 1 aliphatic heterocycles. The molecule has 1 aromatic rings. The molecule has 0 aromatic heterocycles. The standard InChI is InChI=1S/C15H19Cl2N3O3/c1-19(2)14(21)13-9-20(5-6-23-13)15(22)18-8-10-3-4-11(16)12(17)7-10/h3-4,7,13H,5-6,8-9H2,1-2H3,(H,18,22)/t13-/m1/s1. The van der Waals surface area contributed by atoms with Crippen molar-refractivity contribution in [3.63, 3.8) is 0 Å². The number of likely N-dealkylation sites (N-methyl/N-ethyl adjacent to an activating group) is 1. The number of nitrogens with zero attached hydrogens (tertiary/aromatic N) is 2. The summed E-state index contributed by atoms with van der Waals surface area (Å²) in [6, 6.07) is 4.95. The molecule has 0 spiro atoms. The zero-order chi connectivity index (χ0) is 17.0. The maximum Gasteiger partial charge on any atom is 0.317 e. The van der Waals surface area contributed by atoms with Crippen LogP contribution in [0.5, 0.6) is 0 Å². The molecule has 1 aliphatic rings. The summed E-state index contributed by atoms with van der Waals surface area (Å²) in [5, 5.41) is 3.73. The van der Waals surface area contributed by atoms with Gasteiger partial charge in [0.1, 0.15) is 0 Å². The molecule has 0 saturated carbocycles. The molecule has 0 radical (unpaired) electrons. The molecule has 0 aliphatic carbocycles. The first-order valence-electron chi connectivity index (χ1n) is 7.18. The monoisotopic (exact) mass is 359 g/mol. The van der Waals surface area contributed by atoms with Crippen molar-refractivity contribution in [1.82, 2.24) is 15.1 Å². The van der Waals surface area contributed by atoms with Gasteiger partial charge in [0.05, 0.1) is 23.2 Å². The molecular weight excluding hydrogens is 341 g/mol. The number of ether oxygens (including phenoxy) is 1. The number of urea groups is 1. The summed E-state index contributed by atoms with van der Waals surface area (Å²) in [5.74, 6) is -0.146. The van der Waals surface area contributed by atoms with E-state index in [2.05, 4.69) is 5.32 Å². The molecule has 8 heteroatoms. The van der Waals surface area contributed by atoms with Gasteiger partial charge in [-0.1, -0.05) is 29.3 Å². The third-order valence-corrected chi connectivity index (χ3v) is 4.24. The number of nitrogens with one attached hydrogen (secondary N) is 1. The Bertz CT molecular complexity index is 595. The largest absolute Gasteiger partial charge is 0.365 e. The van der Waals surface area contributed by atoms with E-state index < -0.39 is 6.10 Å². The molecule has 2 rings (SSSR count). The van der Waals surface area contributed by atoms with E-state index in [1.807, 2.05) is 0 Å². The van der Waals surface area contributed by atoms with Crippen molar-refractivity contribution in [2.45, 2.75) is 12.6 Å². The Hall–Kier alpha value is -1.50. The van der Waals surface area contributed by atoms with Gasteiger partial charge in [-0.05, 0) is 17.7 Å². The van der Waals surface area contributed by atoms with Gasteiger partial charge in [0, 0.05) is 27.2 Å². The van der Waals surface area contributed by atoms with E-state index in [0.29, 0.717) is 29.7 Å². The fraction of sp³-hybridized carbons (Fsp3) is 0.467. The predicted octanol–water partition coefficient (Wildman–Crippen LogP) is 1.99. The second-order valence-electron chi connectivity index (χ2n) is 5.45. The van der Waals surface area contributed by atoms with Gasteiger partial charge >= 0.3 is 6.03 Å². The third-order valence-electron chi connectivity index (χ3n) is 3.50. The van der Waals surface area contributed by atoms with Crippen molar-refractivity contribution in [3.05, 3.63) is 33.8 Å². The highest BCUT2D eigenvalue weighted by Crippen LogP contribution is 2.22. The van der Waals surface area contributed by atoms with E-state index >= 15 is 0 Å². The SMILES string of the molecule is CN(C)C(=O)[C@H]1CN(C(=O)NCc2ccc(Cl)c(Cl)c2)CCO1. The number of hydrogen-bond acceptors (Lipinski definition) is 3. The van der Waals surface area contributed by atoms with Crippen LogP contribution in [0.4, 0.5) is 4.79 Å². The minimum Gasteiger partial charge on any atom is -0.365 e. The van der Waals surface area contributed by atoms with Gasteiger partial charge in [0.2, 0.25) is 0 Å². The zero-order valence-corrected chi connectivity index (χ0v) is 14.5. The maximum absolute atomic E-state index is 12.2. The average molecular weight is 360 g/mol. The van der Waals surface area contributed by atoms with Crippen LogP contribution in [0.15, 0.2) is 18.2 Å². The summed E-state index contributed by atoms with van der Waals surface area (Å²) in [6.07, 6.45) is -0.616. The first kappa shape index (κ1) is 17.8. The van der Waals surface area contributed by atoms with Crippen LogP contribution in [0.3, 0.4) is 0 Å². The van der Waals surface area contributed by atoms with Crippen LogP contribution in [0.25, 0.3) is 0 Å². The minimum atomic E-state index is -0.616. The molecule has 1 aromatic carbocycles. The lowest BCUT2D eigenvalue weighted by molar-refractivity contribution is -0.145. The lowest BCUT2D eigenvalue weighted by Crippen LogP contribution is -2.53. The lowest BCUT2D eigenvalue weighted by atomic mass is 10.2. The van der Waals surface area contributed by atoms with Crippen LogP contribution in [-0.4, -0.2) is 61.6 Å². The molecule has 6 nitrogen and oxygen atoms in total. The summed E-state index contributed by atoms with van der Waals surface area (Å²) in [6.45, 7) is 1.36. The molecule has 23 heavy (non-hydrogen) atoms. The molecule has 1 atom stereocenters. The molecule has 1 heterocycles. The smallest absolute Gasteiger partial charge is 0.317 e. The summed E-state index contributed by atoms with van der Waals surface area (Å²) >= 11 is 11.8. The minimum absolute atomic E-state index is 0.146. The predicted molar refractivity (Wildman–Crippen MR) is 88.7 cm³/mol. The van der Waals surface area contributed by atoms with Gasteiger partial charge in [0.15, 0.2) is 6.10 Å². The summed E-state index contributed by atoms with van der Waals surface area (Å²) in [5.41, 5.74) is 0.849. The first-order valence-corrected chi connectivity index (χ1v) is 7.93. The molecule has 1 fully saturated rings. The normalized spacial score (nSPS) is 17.7. The van der Waals surface area contributed by atoms with Crippen LogP contribution in [-0.2, 0) is 16.1 Å². The third kappa shape index (κ3) is 4.73. The topological polar surface area (TPSA) is 61.9 Å². The zero-order valence-electron chi connectivity index (χ0n) is 13.0. The molecule has 1 saturated heterocycles. The first-order chi connectivity index (χ1) is 10.9. The number of carbonyl (C=O) groups excluding carboxylic acids is 2. The molecule has 1 N–H and O–H groups in total. The summed E-state index contributed by atoms with van der Waals surface area (Å²) in [4.78, 5) is 27.2. The Morgan fingerprint density at radius 1 is 1.35 bits per heavy atom. The van der Waals surface area contributed by atoms with E-state index in [0.717, 1.165) is 5.56 Å². The summed E-state index contributed by atoms with van der Waals surface area (Å²) in [7, 11) is 3.32. The number of carbonyl (C=O) groups is 2. The molecule has 0 unspecified atom stereocenters. The average Bonchev–Trinajstić information content (AvgIpc) is 2.55. The van der Waals surface area contributed by atoms with Crippen LogP contribution in [0.1, 0.15) is 5.56 Å². The number of amides is 3. The quantitative estimate of drug-likeness (QED) is 0.897. The van der Waals surface area contributed by atoms with Crippen molar-refractivity contribution >= 4 is 35.1 Å². The van der Waals surface area contributed by atoms with Crippen LogP contribution >= 0.6 is 23.2 Å². The Morgan fingerprint density at radius 3 is 2.74 bits per heavy atom. The number of halogens is 2. The van der Waals surface area contributed by atoms with Crippen molar-refractivity contribution in [2.24, 2.45) is 0 Å². The second kappa shape index (κ2) is 7.86. The highest BCUT2D eigenvalue weighted by molar-refractivity contribution is 6.42. The van der Waals surface area contributed by atoms with Crippen LogP contribution in [0.2, 0.25) is 10.0 Å². The van der Waals surface area contributed by atoms with E-state index in [-0.39, 0.29) is 18.5 Å². The van der Waals surface area contributed by atoms with Gasteiger partial charge < -0.3 is 19.9 Å². The Balaban J connectivity index is 1.89. The second-order valence-corrected chi connectivity index (χ2v) is 6.26. The lowest BCUT2D eigenvalue weighted by Gasteiger charge is -2.33. The highest BCUT2D eigenvalue weighted by Gasteiger charge is 2.30. The fourth-order valence-corrected chi connectivity index (χ4v) is 2.53. The van der Waals surface area contributed by atoms with Crippen molar-refractivity contribution in [2.75, 3.05) is 33.8 Å². The molecule has 3 amide bonds. The molecule has 0 bridgehead atoms. The van der Waals surface area contributed by atoms with Crippen LogP contribution in [0, 0.1) is 0 Å². The highest BCUT2D eigenvalue weighted by atomic mass is 35.5. The van der Waals surface area contributed by atoms with Crippen molar-refractivity contribution in [1.29, 1.82) is 0 Å². The number of rotatable bonds is 3. The van der Waals surface area contributed by atoms with Gasteiger partial charge in [0.25, 0.3) is 5.91 Å². The van der Waals surface area contributed by atoms with E-state index in [1.165, 1.54) is 4.90 Å². The van der Waals surface area contributed by atoms with E-state index in [9.17, 15) is 9.59 Å². The number of benzene rings is 1. The number of hydrogen-bond donors (Lipinski definition) is 1. The fourth-order valence-electron chi connectivity index (χ4n) is 2.21. The summed E-state index contributed by atoms with van der Waals surface area (Å²) < 4.78 is 5.43. The Kier molecular flexibility index (Phi) is 6.10. The van der Waals surface area contributed by atoms with Gasteiger partial charge in [-0.15, -0.1) is 0 Å². The molecular formula is C15H19Cl2N3O3. The number of morpholine rings is 1. The van der Waals surface area contributed by atoms with E-state index in [1.54, 1.807) is 37.2 Å².